The second-order valence-electron chi connectivity index (χ2n) is 4.66. The topological polar surface area (TPSA) is 51.0 Å². The standard InChI is InChI=1S/C13H13Cl2N3O/c14-10-4-9(5-11(15)6-10)12-17-13(19-18-12)8-2-1-3-16-7-8/h4-6,8,16H,1-3,7H2/t8-/m0/s1. The Morgan fingerprint density at radius 1 is 1.21 bits per heavy atom. The predicted octanol–water partition coefficient (Wildman–Crippen LogP) is 3.51. The minimum atomic E-state index is 0.296. The highest BCUT2D eigenvalue weighted by Gasteiger charge is 2.21. The lowest BCUT2D eigenvalue weighted by atomic mass is 10.00. The van der Waals surface area contributed by atoms with Crippen LogP contribution in [0.15, 0.2) is 22.7 Å². The molecule has 3 rings (SSSR count). The van der Waals surface area contributed by atoms with Crippen LogP contribution in [0, 0.1) is 0 Å². The third-order valence-corrected chi connectivity index (χ3v) is 3.65. The number of piperidine rings is 1. The van der Waals surface area contributed by atoms with Gasteiger partial charge in [0.05, 0.1) is 5.92 Å². The fourth-order valence-electron chi connectivity index (χ4n) is 2.26. The lowest BCUT2D eigenvalue weighted by molar-refractivity contribution is 0.322. The zero-order valence-electron chi connectivity index (χ0n) is 10.2. The first-order chi connectivity index (χ1) is 9.22. The van der Waals surface area contributed by atoms with E-state index in [4.69, 9.17) is 27.7 Å². The van der Waals surface area contributed by atoms with E-state index >= 15 is 0 Å². The number of hydrogen-bond donors (Lipinski definition) is 1. The molecule has 1 N–H and O–H groups in total. The molecule has 1 aliphatic heterocycles. The van der Waals surface area contributed by atoms with Gasteiger partial charge in [-0.2, -0.15) is 4.98 Å². The van der Waals surface area contributed by atoms with Gasteiger partial charge in [0.1, 0.15) is 0 Å². The summed E-state index contributed by atoms with van der Waals surface area (Å²) in [5.41, 5.74) is 0.774. The minimum absolute atomic E-state index is 0.296. The highest BCUT2D eigenvalue weighted by atomic mass is 35.5. The molecule has 0 amide bonds. The predicted molar refractivity (Wildman–Crippen MR) is 74.6 cm³/mol. The molecule has 0 radical (unpaired) electrons. The molecular weight excluding hydrogens is 285 g/mol. The third kappa shape index (κ3) is 2.91. The summed E-state index contributed by atoms with van der Waals surface area (Å²) in [6, 6.07) is 5.24. The van der Waals surface area contributed by atoms with Crippen LogP contribution >= 0.6 is 23.2 Å². The highest BCUT2D eigenvalue weighted by molar-refractivity contribution is 6.35. The van der Waals surface area contributed by atoms with Crippen LogP contribution in [0.4, 0.5) is 0 Å². The Hall–Kier alpha value is -1.10. The zero-order valence-corrected chi connectivity index (χ0v) is 11.7. The van der Waals surface area contributed by atoms with Crippen LogP contribution in [0.1, 0.15) is 24.7 Å². The van der Waals surface area contributed by atoms with Crippen LogP contribution in [-0.2, 0) is 0 Å². The van der Waals surface area contributed by atoms with Crippen molar-refractivity contribution in [3.05, 3.63) is 34.1 Å². The van der Waals surface area contributed by atoms with Gasteiger partial charge in [0.15, 0.2) is 0 Å². The molecular formula is C13H13Cl2N3O. The van der Waals surface area contributed by atoms with Crippen molar-refractivity contribution in [3.8, 4) is 11.4 Å². The summed E-state index contributed by atoms with van der Waals surface area (Å²) in [6.07, 6.45) is 2.20. The Kier molecular flexibility index (Phi) is 3.73. The molecule has 0 spiro atoms. The maximum absolute atomic E-state index is 5.97. The minimum Gasteiger partial charge on any atom is -0.339 e. The third-order valence-electron chi connectivity index (χ3n) is 3.21. The van der Waals surface area contributed by atoms with Crippen LogP contribution in [-0.4, -0.2) is 23.2 Å². The normalized spacial score (nSPS) is 19.6. The molecule has 1 aromatic carbocycles. The number of aromatic nitrogens is 2. The molecule has 6 heteroatoms. The quantitative estimate of drug-likeness (QED) is 0.921. The average molecular weight is 298 g/mol. The second-order valence-corrected chi connectivity index (χ2v) is 5.53. The largest absolute Gasteiger partial charge is 0.339 e. The van der Waals surface area contributed by atoms with Crippen molar-refractivity contribution >= 4 is 23.2 Å². The van der Waals surface area contributed by atoms with E-state index in [9.17, 15) is 0 Å². The van der Waals surface area contributed by atoms with E-state index in [2.05, 4.69) is 15.5 Å². The number of hydrogen-bond acceptors (Lipinski definition) is 4. The summed E-state index contributed by atoms with van der Waals surface area (Å²) in [5, 5.41) is 8.47. The smallest absolute Gasteiger partial charge is 0.231 e. The summed E-state index contributed by atoms with van der Waals surface area (Å²) in [4.78, 5) is 4.45. The Labute approximate surface area is 121 Å². The number of benzene rings is 1. The van der Waals surface area contributed by atoms with Gasteiger partial charge < -0.3 is 9.84 Å². The maximum atomic E-state index is 5.97. The van der Waals surface area contributed by atoms with Crippen molar-refractivity contribution in [1.29, 1.82) is 0 Å². The number of nitrogens with zero attached hydrogens (tertiary/aromatic N) is 2. The van der Waals surface area contributed by atoms with Crippen molar-refractivity contribution in [2.75, 3.05) is 13.1 Å². The van der Waals surface area contributed by atoms with Crippen molar-refractivity contribution in [1.82, 2.24) is 15.5 Å². The Bertz CT molecular complexity index is 559. The Balaban J connectivity index is 1.87. The van der Waals surface area contributed by atoms with Gasteiger partial charge in [-0.1, -0.05) is 28.4 Å². The fraction of sp³-hybridized carbons (Fsp3) is 0.385. The first-order valence-corrected chi connectivity index (χ1v) is 6.99. The molecule has 0 aliphatic carbocycles. The number of halogens is 2. The molecule has 19 heavy (non-hydrogen) atoms. The van der Waals surface area contributed by atoms with Crippen molar-refractivity contribution in [3.63, 3.8) is 0 Å². The van der Waals surface area contributed by atoms with E-state index in [0.29, 0.717) is 27.7 Å². The Morgan fingerprint density at radius 3 is 2.68 bits per heavy atom. The number of rotatable bonds is 2. The molecule has 100 valence electrons. The van der Waals surface area contributed by atoms with E-state index in [1.807, 2.05) is 0 Å². The van der Waals surface area contributed by atoms with Gasteiger partial charge in [0.2, 0.25) is 11.7 Å². The van der Waals surface area contributed by atoms with Crippen LogP contribution < -0.4 is 5.32 Å². The van der Waals surface area contributed by atoms with Crippen molar-refractivity contribution < 1.29 is 4.52 Å². The zero-order chi connectivity index (χ0) is 13.2. The lowest BCUT2D eigenvalue weighted by Gasteiger charge is -2.18. The van der Waals surface area contributed by atoms with Crippen molar-refractivity contribution in [2.24, 2.45) is 0 Å². The van der Waals surface area contributed by atoms with Gasteiger partial charge in [-0.05, 0) is 37.6 Å². The van der Waals surface area contributed by atoms with Gasteiger partial charge >= 0.3 is 0 Å². The second kappa shape index (κ2) is 5.49. The molecule has 4 nitrogen and oxygen atoms in total. The molecule has 1 saturated heterocycles. The molecule has 0 bridgehead atoms. The summed E-state index contributed by atoms with van der Waals surface area (Å²) in [7, 11) is 0. The first kappa shape index (κ1) is 12.9. The highest BCUT2D eigenvalue weighted by Crippen LogP contribution is 2.28. The Morgan fingerprint density at radius 2 is 2.00 bits per heavy atom. The summed E-state index contributed by atoms with van der Waals surface area (Å²) in [5.74, 6) is 1.51. The SMILES string of the molecule is Clc1cc(Cl)cc(-c2noc([C@H]3CCCNC3)n2)c1. The maximum Gasteiger partial charge on any atom is 0.231 e. The summed E-state index contributed by atoms with van der Waals surface area (Å²) in [6.45, 7) is 1.94. The van der Waals surface area contributed by atoms with E-state index in [1.165, 1.54) is 0 Å². The molecule has 0 unspecified atom stereocenters. The lowest BCUT2D eigenvalue weighted by Crippen LogP contribution is -2.28. The molecule has 2 heterocycles. The summed E-state index contributed by atoms with van der Waals surface area (Å²) >= 11 is 11.9. The monoisotopic (exact) mass is 297 g/mol. The number of nitrogens with one attached hydrogen (secondary N) is 1. The molecule has 1 atom stereocenters. The van der Waals surface area contributed by atoms with Gasteiger partial charge in [-0.15, -0.1) is 0 Å². The molecule has 1 aromatic heterocycles. The molecule has 1 aliphatic rings. The first-order valence-electron chi connectivity index (χ1n) is 6.23. The fourth-order valence-corrected chi connectivity index (χ4v) is 2.79. The van der Waals surface area contributed by atoms with Crippen LogP contribution in [0.25, 0.3) is 11.4 Å². The van der Waals surface area contributed by atoms with Crippen LogP contribution in [0.5, 0.6) is 0 Å². The average Bonchev–Trinajstić information content (AvgIpc) is 2.88. The molecule has 0 saturated carbocycles. The van der Waals surface area contributed by atoms with E-state index in [0.717, 1.165) is 31.5 Å². The van der Waals surface area contributed by atoms with E-state index < -0.39 is 0 Å². The van der Waals surface area contributed by atoms with Crippen molar-refractivity contribution in [2.45, 2.75) is 18.8 Å². The van der Waals surface area contributed by atoms with Crippen LogP contribution in [0.3, 0.4) is 0 Å². The van der Waals surface area contributed by atoms with E-state index in [-0.39, 0.29) is 0 Å². The van der Waals surface area contributed by atoms with Gasteiger partial charge in [-0.25, -0.2) is 0 Å². The molecule has 2 aromatic rings. The van der Waals surface area contributed by atoms with E-state index in [1.54, 1.807) is 18.2 Å². The van der Waals surface area contributed by atoms with Crippen LogP contribution in [0.2, 0.25) is 10.0 Å². The summed E-state index contributed by atoms with van der Waals surface area (Å²) < 4.78 is 5.35. The van der Waals surface area contributed by atoms with Gasteiger partial charge in [0, 0.05) is 22.2 Å². The molecule has 1 fully saturated rings. The van der Waals surface area contributed by atoms with Gasteiger partial charge in [0.25, 0.3) is 0 Å². The van der Waals surface area contributed by atoms with Gasteiger partial charge in [-0.3, -0.25) is 0 Å².